The molecular weight excluding hydrogens is 442 g/mol. The van der Waals surface area contributed by atoms with E-state index in [0.29, 0.717) is 22.3 Å². The molecule has 0 bridgehead atoms. The van der Waals surface area contributed by atoms with Crippen LogP contribution >= 0.6 is 27.7 Å². The van der Waals surface area contributed by atoms with Gasteiger partial charge in [0.2, 0.25) is 5.16 Å². The molecule has 0 aliphatic heterocycles. The number of nitrogens with zero attached hydrogens (tertiary/aromatic N) is 3. The fourth-order valence-corrected chi connectivity index (χ4v) is 3.69. The molecule has 27 heavy (non-hydrogen) atoms. The highest BCUT2D eigenvalue weighted by Crippen LogP contribution is 2.30. The number of ether oxygens (including phenoxy) is 2. The summed E-state index contributed by atoms with van der Waals surface area (Å²) in [5.41, 5.74) is 1.70. The normalized spacial score (nSPS) is 11.0. The fourth-order valence-electron chi connectivity index (χ4n) is 2.31. The van der Waals surface area contributed by atoms with Crippen molar-refractivity contribution in [3.8, 4) is 22.9 Å². The maximum absolute atomic E-state index is 12.2. The number of nitrogen functional groups attached to an aromatic ring is 1. The number of thioether (sulfide) groups is 1. The zero-order chi connectivity index (χ0) is 19.4. The summed E-state index contributed by atoms with van der Waals surface area (Å²) in [5.74, 6) is 7.97. The van der Waals surface area contributed by atoms with Crippen molar-refractivity contribution in [1.29, 1.82) is 0 Å². The number of halogens is 3. The molecule has 0 radical (unpaired) electrons. The van der Waals surface area contributed by atoms with E-state index in [4.69, 9.17) is 10.6 Å². The molecule has 10 heteroatoms. The molecule has 0 saturated heterocycles. The Bertz CT molecular complexity index is 922. The Morgan fingerprint density at radius 2 is 1.93 bits per heavy atom. The van der Waals surface area contributed by atoms with Crippen LogP contribution in [-0.4, -0.2) is 28.6 Å². The van der Waals surface area contributed by atoms with Gasteiger partial charge in [-0.05, 0) is 57.9 Å². The van der Waals surface area contributed by atoms with E-state index in [0.717, 1.165) is 15.8 Å². The molecule has 6 nitrogen and oxygen atoms in total. The molecule has 2 aromatic carbocycles. The second-order valence-electron chi connectivity index (χ2n) is 5.34. The first kappa shape index (κ1) is 19.4. The first-order valence-corrected chi connectivity index (χ1v) is 9.46. The summed E-state index contributed by atoms with van der Waals surface area (Å²) in [7, 11) is 1.61. The van der Waals surface area contributed by atoms with Crippen molar-refractivity contribution in [3.05, 3.63) is 52.5 Å². The topological polar surface area (TPSA) is 75.2 Å². The molecule has 0 spiro atoms. The van der Waals surface area contributed by atoms with Gasteiger partial charge in [0.05, 0.1) is 11.6 Å². The minimum atomic E-state index is -2.87. The SMILES string of the molecule is COc1ccc(CSc2nnc(-c3ccc(OC(F)F)cc3)n2N)cc1Br. The summed E-state index contributed by atoms with van der Waals surface area (Å²) in [6, 6.07) is 11.8. The predicted molar refractivity (Wildman–Crippen MR) is 102 cm³/mol. The molecule has 0 aliphatic rings. The summed E-state index contributed by atoms with van der Waals surface area (Å²) < 4.78 is 36.2. The molecule has 142 valence electrons. The van der Waals surface area contributed by atoms with Gasteiger partial charge < -0.3 is 15.3 Å². The van der Waals surface area contributed by atoms with E-state index in [-0.39, 0.29) is 5.75 Å². The lowest BCUT2D eigenvalue weighted by Crippen LogP contribution is -2.11. The number of hydrogen-bond acceptors (Lipinski definition) is 6. The number of methoxy groups -OCH3 is 1. The third-order valence-corrected chi connectivity index (χ3v) is 5.22. The number of alkyl halides is 2. The lowest BCUT2D eigenvalue weighted by Gasteiger charge is -2.07. The molecule has 3 rings (SSSR count). The maximum Gasteiger partial charge on any atom is 0.387 e. The molecule has 0 atom stereocenters. The van der Waals surface area contributed by atoms with Crippen LogP contribution in [0.15, 0.2) is 52.1 Å². The maximum atomic E-state index is 12.2. The average Bonchev–Trinajstić information content (AvgIpc) is 3.01. The van der Waals surface area contributed by atoms with Crippen molar-refractivity contribution in [1.82, 2.24) is 14.9 Å². The van der Waals surface area contributed by atoms with Gasteiger partial charge in [-0.1, -0.05) is 17.8 Å². The molecule has 1 heterocycles. The van der Waals surface area contributed by atoms with E-state index in [1.165, 1.54) is 28.6 Å². The van der Waals surface area contributed by atoms with Gasteiger partial charge in [0.1, 0.15) is 11.5 Å². The largest absolute Gasteiger partial charge is 0.496 e. The molecule has 1 aromatic heterocycles. The van der Waals surface area contributed by atoms with E-state index in [1.54, 1.807) is 19.2 Å². The molecule has 2 N–H and O–H groups in total. The molecule has 0 fully saturated rings. The third-order valence-electron chi connectivity index (χ3n) is 3.59. The molecule has 0 saturated carbocycles. The Morgan fingerprint density at radius 1 is 1.19 bits per heavy atom. The quantitative estimate of drug-likeness (QED) is 0.421. The summed E-state index contributed by atoms with van der Waals surface area (Å²) in [5, 5.41) is 8.71. The highest BCUT2D eigenvalue weighted by atomic mass is 79.9. The monoisotopic (exact) mass is 456 g/mol. The average molecular weight is 457 g/mol. The molecule has 3 aromatic rings. The highest BCUT2D eigenvalue weighted by Gasteiger charge is 2.13. The lowest BCUT2D eigenvalue weighted by atomic mass is 10.2. The first-order chi connectivity index (χ1) is 13.0. The van der Waals surface area contributed by atoms with Crippen molar-refractivity contribution in [2.24, 2.45) is 0 Å². The number of benzene rings is 2. The number of aromatic nitrogens is 3. The summed E-state index contributed by atoms with van der Waals surface area (Å²) >= 11 is 4.88. The zero-order valence-corrected chi connectivity index (χ0v) is 16.5. The summed E-state index contributed by atoms with van der Waals surface area (Å²) in [4.78, 5) is 0. The van der Waals surface area contributed by atoms with Crippen LogP contribution in [-0.2, 0) is 5.75 Å². The lowest BCUT2D eigenvalue weighted by molar-refractivity contribution is -0.0498. The zero-order valence-electron chi connectivity index (χ0n) is 14.1. The minimum Gasteiger partial charge on any atom is -0.496 e. The third kappa shape index (κ3) is 4.69. The van der Waals surface area contributed by atoms with Gasteiger partial charge in [-0.15, -0.1) is 10.2 Å². The molecule has 0 unspecified atom stereocenters. The van der Waals surface area contributed by atoms with E-state index in [9.17, 15) is 8.78 Å². The Labute approximate surface area is 166 Å². The highest BCUT2D eigenvalue weighted by molar-refractivity contribution is 9.10. The van der Waals surface area contributed by atoms with Crippen molar-refractivity contribution in [2.45, 2.75) is 17.5 Å². The van der Waals surface area contributed by atoms with E-state index in [1.807, 2.05) is 18.2 Å². The van der Waals surface area contributed by atoms with Gasteiger partial charge in [-0.3, -0.25) is 0 Å². The van der Waals surface area contributed by atoms with Crippen molar-refractivity contribution in [2.75, 3.05) is 13.0 Å². The summed E-state index contributed by atoms with van der Waals surface area (Å²) in [6.07, 6.45) is 0. The number of hydrogen-bond donors (Lipinski definition) is 1. The Morgan fingerprint density at radius 3 is 2.56 bits per heavy atom. The Balaban J connectivity index is 1.70. The van der Waals surface area contributed by atoms with Gasteiger partial charge >= 0.3 is 6.61 Å². The van der Waals surface area contributed by atoms with Crippen LogP contribution in [0.1, 0.15) is 5.56 Å². The van der Waals surface area contributed by atoms with Crippen molar-refractivity contribution < 1.29 is 18.3 Å². The van der Waals surface area contributed by atoms with Crippen LogP contribution in [0.2, 0.25) is 0 Å². The molecular formula is C17H15BrF2N4O2S. The second-order valence-corrected chi connectivity index (χ2v) is 7.13. The number of nitrogens with two attached hydrogens (primary N) is 1. The first-order valence-electron chi connectivity index (χ1n) is 7.69. The van der Waals surface area contributed by atoms with E-state index >= 15 is 0 Å². The van der Waals surface area contributed by atoms with E-state index < -0.39 is 6.61 Å². The van der Waals surface area contributed by atoms with Crippen LogP contribution in [0.4, 0.5) is 8.78 Å². The van der Waals surface area contributed by atoms with Crippen molar-refractivity contribution >= 4 is 27.7 Å². The van der Waals surface area contributed by atoms with Crippen LogP contribution in [0.5, 0.6) is 11.5 Å². The van der Waals surface area contributed by atoms with Gasteiger partial charge in [0.25, 0.3) is 0 Å². The smallest absolute Gasteiger partial charge is 0.387 e. The fraction of sp³-hybridized carbons (Fsp3) is 0.176. The summed E-state index contributed by atoms with van der Waals surface area (Å²) in [6.45, 7) is -2.87. The predicted octanol–water partition coefficient (Wildman–Crippen LogP) is 4.32. The minimum absolute atomic E-state index is 0.0662. The van der Waals surface area contributed by atoms with Crippen LogP contribution in [0.3, 0.4) is 0 Å². The second kappa shape index (κ2) is 8.57. The van der Waals surface area contributed by atoms with Gasteiger partial charge in [-0.2, -0.15) is 8.78 Å². The molecule has 0 amide bonds. The van der Waals surface area contributed by atoms with Crippen LogP contribution in [0, 0.1) is 0 Å². The van der Waals surface area contributed by atoms with E-state index in [2.05, 4.69) is 30.9 Å². The number of rotatable bonds is 7. The van der Waals surface area contributed by atoms with Gasteiger partial charge in [0.15, 0.2) is 5.82 Å². The van der Waals surface area contributed by atoms with Crippen LogP contribution in [0.25, 0.3) is 11.4 Å². The standard InChI is InChI=1S/C17H15BrF2N4O2S/c1-25-14-7-2-10(8-13(14)18)9-27-17-23-22-15(24(17)21)11-3-5-12(6-4-11)26-16(19)20/h2-8,16H,9,21H2,1H3. The van der Waals surface area contributed by atoms with Crippen LogP contribution < -0.4 is 15.3 Å². The Hall–Kier alpha value is -2.33. The van der Waals surface area contributed by atoms with Crippen molar-refractivity contribution in [3.63, 3.8) is 0 Å². The molecule has 0 aliphatic carbocycles. The Kier molecular flexibility index (Phi) is 6.17. The van der Waals surface area contributed by atoms with Gasteiger partial charge in [0, 0.05) is 11.3 Å². The van der Waals surface area contributed by atoms with Gasteiger partial charge in [-0.25, -0.2) is 4.68 Å².